The van der Waals surface area contributed by atoms with Gasteiger partial charge in [-0.05, 0) is 27.2 Å². The van der Waals surface area contributed by atoms with Gasteiger partial charge >= 0.3 is 0 Å². The van der Waals surface area contributed by atoms with Gasteiger partial charge in [0.05, 0.1) is 6.04 Å². The monoisotopic (exact) mass is 165 g/mol. The zero-order valence-corrected chi connectivity index (χ0v) is 7.87. The molecule has 0 amide bonds. The first-order valence-corrected chi connectivity index (χ1v) is 4.29. The Morgan fingerprint density at radius 1 is 1.33 bits per heavy atom. The Morgan fingerprint density at radius 2 is 2.00 bits per heavy atom. The van der Waals surface area contributed by atoms with Crippen LogP contribution in [0.4, 0.5) is 0 Å². The van der Waals surface area contributed by atoms with Gasteiger partial charge in [-0.2, -0.15) is 0 Å². The van der Waals surface area contributed by atoms with Crippen molar-refractivity contribution in [2.45, 2.75) is 33.2 Å². The first kappa shape index (κ1) is 9.17. The normalized spacial score (nSPS) is 27.2. The molecule has 1 rings (SSSR count). The van der Waals surface area contributed by atoms with E-state index < -0.39 is 0 Å². The third-order valence-electron chi connectivity index (χ3n) is 2.01. The third kappa shape index (κ3) is 2.29. The number of carbonyl (C=O) groups excluding carboxylic acids is 1. The minimum atomic E-state index is 0.109. The molecule has 2 atom stereocenters. The third-order valence-corrected chi connectivity index (χ3v) is 2.01. The molecule has 2 unspecified atom stereocenters. The number of allylic oxidation sites excluding steroid dienone is 1. The quantitative estimate of drug-likeness (QED) is 0.454. The van der Waals surface area contributed by atoms with Crippen LogP contribution in [0.1, 0.15) is 27.2 Å². The molecule has 1 aliphatic rings. The Morgan fingerprint density at radius 3 is 2.42 bits per heavy atom. The molecule has 0 N–H and O–H groups in total. The average Bonchev–Trinajstić information content (AvgIpc) is 2.34. The van der Waals surface area contributed by atoms with Gasteiger partial charge < -0.3 is 0 Å². The van der Waals surface area contributed by atoms with Crippen molar-refractivity contribution in [3.05, 3.63) is 12.2 Å². The van der Waals surface area contributed by atoms with Gasteiger partial charge in [0.1, 0.15) is 5.78 Å². The Bertz CT molecular complexity index is 236. The Kier molecular flexibility index (Phi) is 2.79. The second kappa shape index (κ2) is 3.65. The standard InChI is InChI=1S/C10H15NO/c1-7(2)11-10-5-4-9(6-10)8(3)12/h4-5,9-10H,6H2,1-3H3. The number of hydrogen-bond acceptors (Lipinski definition) is 2. The topological polar surface area (TPSA) is 29.4 Å². The molecule has 0 aromatic heterocycles. The van der Waals surface area contributed by atoms with Crippen LogP contribution >= 0.6 is 0 Å². The van der Waals surface area contributed by atoms with E-state index in [1.54, 1.807) is 6.92 Å². The molecule has 0 aromatic carbocycles. The lowest BCUT2D eigenvalue weighted by atomic mass is 10.0. The van der Waals surface area contributed by atoms with Crippen molar-refractivity contribution in [1.29, 1.82) is 0 Å². The highest BCUT2D eigenvalue weighted by atomic mass is 16.1. The molecule has 2 heteroatoms. The second-order valence-electron chi connectivity index (χ2n) is 3.48. The molecular formula is C10H15NO. The summed E-state index contributed by atoms with van der Waals surface area (Å²) in [6.07, 6.45) is 4.86. The van der Waals surface area contributed by atoms with E-state index in [1.165, 1.54) is 0 Å². The first-order valence-electron chi connectivity index (χ1n) is 4.29. The highest BCUT2D eigenvalue weighted by molar-refractivity contribution is 5.81. The van der Waals surface area contributed by atoms with Crippen molar-refractivity contribution in [3.8, 4) is 0 Å². The van der Waals surface area contributed by atoms with E-state index in [0.717, 1.165) is 12.1 Å². The molecule has 0 bridgehead atoms. The maximum absolute atomic E-state index is 11.0. The lowest BCUT2D eigenvalue weighted by Crippen LogP contribution is -2.09. The van der Waals surface area contributed by atoms with E-state index in [-0.39, 0.29) is 17.7 Å². The number of Topliss-reactive ketones (excluding diaryl/α,β-unsaturated/α-hetero) is 1. The molecule has 0 saturated carbocycles. The lowest BCUT2D eigenvalue weighted by Gasteiger charge is -2.05. The van der Waals surface area contributed by atoms with E-state index in [1.807, 2.05) is 26.0 Å². The second-order valence-corrected chi connectivity index (χ2v) is 3.48. The number of rotatable bonds is 2. The van der Waals surface area contributed by atoms with Crippen molar-refractivity contribution in [2.75, 3.05) is 0 Å². The van der Waals surface area contributed by atoms with Crippen molar-refractivity contribution in [1.82, 2.24) is 0 Å². The maximum Gasteiger partial charge on any atom is 0.136 e. The Balaban J connectivity index is 2.54. The van der Waals surface area contributed by atoms with Crippen LogP contribution in [-0.2, 0) is 4.79 Å². The number of carbonyl (C=O) groups is 1. The summed E-state index contributed by atoms with van der Waals surface area (Å²) >= 11 is 0. The maximum atomic E-state index is 11.0. The van der Waals surface area contributed by atoms with E-state index in [2.05, 4.69) is 4.99 Å². The summed E-state index contributed by atoms with van der Waals surface area (Å²) < 4.78 is 0. The van der Waals surface area contributed by atoms with Crippen LogP contribution in [0.15, 0.2) is 17.1 Å². The van der Waals surface area contributed by atoms with Gasteiger partial charge in [0.2, 0.25) is 0 Å². The fourth-order valence-corrected chi connectivity index (χ4v) is 1.41. The predicted molar refractivity (Wildman–Crippen MR) is 50.5 cm³/mol. The van der Waals surface area contributed by atoms with Crippen LogP contribution < -0.4 is 0 Å². The predicted octanol–water partition coefficient (Wildman–Crippen LogP) is 2.00. The van der Waals surface area contributed by atoms with E-state index in [9.17, 15) is 4.79 Å². The summed E-state index contributed by atoms with van der Waals surface area (Å²) in [5.74, 6) is 0.357. The fraction of sp³-hybridized carbons (Fsp3) is 0.600. The van der Waals surface area contributed by atoms with Gasteiger partial charge in [0, 0.05) is 11.6 Å². The van der Waals surface area contributed by atoms with E-state index in [0.29, 0.717) is 0 Å². The van der Waals surface area contributed by atoms with Gasteiger partial charge in [0.15, 0.2) is 0 Å². The zero-order valence-electron chi connectivity index (χ0n) is 7.87. The van der Waals surface area contributed by atoms with Crippen molar-refractivity contribution >= 4 is 11.5 Å². The van der Waals surface area contributed by atoms with Gasteiger partial charge in [-0.1, -0.05) is 12.2 Å². The molecule has 0 fully saturated rings. The molecule has 1 aliphatic carbocycles. The van der Waals surface area contributed by atoms with Crippen LogP contribution in [-0.4, -0.2) is 17.5 Å². The van der Waals surface area contributed by atoms with E-state index in [4.69, 9.17) is 0 Å². The molecule has 0 spiro atoms. The molecule has 0 saturated heterocycles. The van der Waals surface area contributed by atoms with Crippen LogP contribution in [0.25, 0.3) is 0 Å². The number of ketones is 1. The average molecular weight is 165 g/mol. The largest absolute Gasteiger partial charge is 0.299 e. The Hall–Kier alpha value is -0.920. The molecular weight excluding hydrogens is 150 g/mol. The molecule has 2 nitrogen and oxygen atoms in total. The number of aliphatic imine (C=N–C) groups is 1. The van der Waals surface area contributed by atoms with Gasteiger partial charge in [-0.15, -0.1) is 0 Å². The minimum Gasteiger partial charge on any atom is -0.299 e. The minimum absolute atomic E-state index is 0.109. The van der Waals surface area contributed by atoms with Crippen molar-refractivity contribution in [3.63, 3.8) is 0 Å². The first-order chi connectivity index (χ1) is 5.59. The fourth-order valence-electron chi connectivity index (χ4n) is 1.41. The molecule has 66 valence electrons. The lowest BCUT2D eigenvalue weighted by molar-refractivity contribution is -0.119. The van der Waals surface area contributed by atoms with E-state index >= 15 is 0 Å². The molecule has 0 aromatic rings. The van der Waals surface area contributed by atoms with Gasteiger partial charge in [-0.25, -0.2) is 0 Å². The van der Waals surface area contributed by atoms with Crippen molar-refractivity contribution < 1.29 is 4.79 Å². The van der Waals surface area contributed by atoms with Gasteiger partial charge in [0.25, 0.3) is 0 Å². The Labute approximate surface area is 73.4 Å². The van der Waals surface area contributed by atoms with Crippen molar-refractivity contribution in [2.24, 2.45) is 10.9 Å². The molecule has 0 radical (unpaired) electrons. The van der Waals surface area contributed by atoms with Gasteiger partial charge in [-0.3, -0.25) is 9.79 Å². The number of hydrogen-bond donors (Lipinski definition) is 0. The summed E-state index contributed by atoms with van der Waals surface area (Å²) in [5, 5.41) is 0. The highest BCUT2D eigenvalue weighted by Gasteiger charge is 2.20. The molecule has 0 aliphatic heterocycles. The smallest absolute Gasteiger partial charge is 0.136 e. The van der Waals surface area contributed by atoms with Crippen LogP contribution in [0.3, 0.4) is 0 Å². The summed E-state index contributed by atoms with van der Waals surface area (Å²) in [6, 6.07) is 0.240. The summed E-state index contributed by atoms with van der Waals surface area (Å²) in [7, 11) is 0. The van der Waals surface area contributed by atoms with Crippen LogP contribution in [0.5, 0.6) is 0 Å². The summed E-state index contributed by atoms with van der Waals surface area (Å²) in [4.78, 5) is 15.4. The number of nitrogens with zero attached hydrogens (tertiary/aromatic N) is 1. The zero-order chi connectivity index (χ0) is 9.14. The summed E-state index contributed by atoms with van der Waals surface area (Å²) in [6.45, 7) is 5.60. The molecule has 12 heavy (non-hydrogen) atoms. The SMILES string of the molecule is CC(=O)C1C=CC(N=C(C)C)C1. The van der Waals surface area contributed by atoms with Crippen LogP contribution in [0, 0.1) is 5.92 Å². The summed E-state index contributed by atoms with van der Waals surface area (Å²) in [5.41, 5.74) is 1.08. The highest BCUT2D eigenvalue weighted by Crippen LogP contribution is 2.21. The van der Waals surface area contributed by atoms with Crippen LogP contribution in [0.2, 0.25) is 0 Å². The molecule has 0 heterocycles.